The summed E-state index contributed by atoms with van der Waals surface area (Å²) in [6.45, 7) is 5.27. The minimum atomic E-state index is 0.307. The van der Waals surface area contributed by atoms with E-state index in [1.165, 1.54) is 24.0 Å². The van der Waals surface area contributed by atoms with Gasteiger partial charge in [0.05, 0.1) is 12.1 Å². The van der Waals surface area contributed by atoms with Crippen molar-refractivity contribution >= 4 is 0 Å². The van der Waals surface area contributed by atoms with Crippen molar-refractivity contribution in [3.05, 3.63) is 35.4 Å². The number of fused-ring (bicyclic) bond motifs is 1. The fourth-order valence-electron chi connectivity index (χ4n) is 2.76. The molecule has 0 heterocycles. The van der Waals surface area contributed by atoms with Crippen LogP contribution in [0, 0.1) is 5.92 Å². The van der Waals surface area contributed by atoms with Gasteiger partial charge in [-0.15, -0.1) is 0 Å². The maximum Gasteiger partial charge on any atom is 0.0770 e. The minimum Gasteiger partial charge on any atom is -0.376 e. The van der Waals surface area contributed by atoms with Gasteiger partial charge in [-0.05, 0) is 43.4 Å². The molecule has 0 saturated heterocycles. The molecule has 2 heteroatoms. The highest BCUT2D eigenvalue weighted by Gasteiger charge is 2.27. The smallest absolute Gasteiger partial charge is 0.0770 e. The summed E-state index contributed by atoms with van der Waals surface area (Å²) in [5, 5.41) is 3.45. The highest BCUT2D eigenvalue weighted by Crippen LogP contribution is 2.30. The van der Waals surface area contributed by atoms with Gasteiger partial charge in [-0.2, -0.15) is 0 Å². The molecular formula is C16H25NO. The summed E-state index contributed by atoms with van der Waals surface area (Å²) in [4.78, 5) is 0. The summed E-state index contributed by atoms with van der Waals surface area (Å²) in [6.07, 6.45) is 3.85. The van der Waals surface area contributed by atoms with E-state index in [9.17, 15) is 0 Å². The van der Waals surface area contributed by atoms with Gasteiger partial charge in [0.15, 0.2) is 0 Å². The number of rotatable bonds is 4. The monoisotopic (exact) mass is 247 g/mol. The maximum absolute atomic E-state index is 6.12. The van der Waals surface area contributed by atoms with Gasteiger partial charge in [0.25, 0.3) is 0 Å². The molecule has 1 aromatic rings. The van der Waals surface area contributed by atoms with Crippen molar-refractivity contribution in [2.24, 2.45) is 5.92 Å². The Kier molecular flexibility index (Phi) is 4.79. The number of benzene rings is 1. The fraction of sp³-hybridized carbons (Fsp3) is 0.625. The van der Waals surface area contributed by atoms with Crippen LogP contribution in [-0.2, 0) is 11.2 Å². The molecule has 2 unspecified atom stereocenters. The van der Waals surface area contributed by atoms with Gasteiger partial charge in [-0.3, -0.25) is 0 Å². The van der Waals surface area contributed by atoms with Gasteiger partial charge in [0.1, 0.15) is 0 Å². The van der Waals surface area contributed by atoms with Crippen LogP contribution in [-0.4, -0.2) is 19.8 Å². The molecule has 0 spiro atoms. The third-order valence-electron chi connectivity index (χ3n) is 3.65. The number of hydrogen-bond donors (Lipinski definition) is 1. The van der Waals surface area contributed by atoms with E-state index < -0.39 is 0 Å². The van der Waals surface area contributed by atoms with E-state index in [0.717, 1.165) is 13.0 Å². The Balaban J connectivity index is 2.17. The molecule has 0 bridgehead atoms. The van der Waals surface area contributed by atoms with E-state index in [1.807, 2.05) is 7.05 Å². The molecule has 1 aliphatic carbocycles. The molecule has 1 aromatic carbocycles. The summed E-state index contributed by atoms with van der Waals surface area (Å²) in [5.74, 6) is 0.598. The molecule has 0 radical (unpaired) electrons. The van der Waals surface area contributed by atoms with Crippen LogP contribution in [0.5, 0.6) is 0 Å². The number of likely N-dealkylation sites (N-methyl/N-ethyl adjacent to an activating group) is 1. The average Bonchev–Trinajstić information content (AvgIpc) is 2.54. The van der Waals surface area contributed by atoms with Crippen LogP contribution >= 0.6 is 0 Å². The van der Waals surface area contributed by atoms with Gasteiger partial charge in [0.2, 0.25) is 0 Å². The molecule has 1 N–H and O–H groups in total. The number of aryl methyl sites for hydroxylation is 1. The van der Waals surface area contributed by atoms with E-state index in [0.29, 0.717) is 18.1 Å². The second-order valence-corrected chi connectivity index (χ2v) is 5.62. The maximum atomic E-state index is 6.12. The summed E-state index contributed by atoms with van der Waals surface area (Å²) in [7, 11) is 2.04. The number of ether oxygens (including phenoxy) is 1. The first-order valence-electron chi connectivity index (χ1n) is 7.09. The van der Waals surface area contributed by atoms with Gasteiger partial charge in [-0.1, -0.05) is 38.1 Å². The number of hydrogen-bond acceptors (Lipinski definition) is 2. The van der Waals surface area contributed by atoms with Crippen LogP contribution in [0.15, 0.2) is 24.3 Å². The predicted octanol–water partition coefficient (Wildman–Crippen LogP) is 3.32. The van der Waals surface area contributed by atoms with Crippen molar-refractivity contribution in [1.82, 2.24) is 5.32 Å². The van der Waals surface area contributed by atoms with Crippen molar-refractivity contribution in [2.75, 3.05) is 13.7 Å². The third kappa shape index (κ3) is 3.12. The van der Waals surface area contributed by atoms with E-state index >= 15 is 0 Å². The molecule has 2 nitrogen and oxygen atoms in total. The Bertz CT molecular complexity index is 375. The zero-order chi connectivity index (χ0) is 13.0. The SMILES string of the molecule is CNC1c2ccccc2CCCC1OCC(C)C. The lowest BCUT2D eigenvalue weighted by Crippen LogP contribution is -2.32. The first-order chi connectivity index (χ1) is 8.72. The van der Waals surface area contributed by atoms with Crippen molar-refractivity contribution in [2.45, 2.75) is 45.3 Å². The van der Waals surface area contributed by atoms with Crippen molar-refractivity contribution in [1.29, 1.82) is 0 Å². The Hall–Kier alpha value is -0.860. The lowest BCUT2D eigenvalue weighted by Gasteiger charge is -2.27. The molecule has 100 valence electrons. The topological polar surface area (TPSA) is 21.3 Å². The zero-order valence-corrected chi connectivity index (χ0v) is 11.8. The predicted molar refractivity (Wildman–Crippen MR) is 75.8 cm³/mol. The summed E-state index contributed by atoms with van der Waals surface area (Å²) in [5.41, 5.74) is 2.90. The summed E-state index contributed by atoms with van der Waals surface area (Å²) < 4.78 is 6.12. The fourth-order valence-corrected chi connectivity index (χ4v) is 2.76. The largest absolute Gasteiger partial charge is 0.376 e. The Morgan fingerprint density at radius 1 is 1.33 bits per heavy atom. The quantitative estimate of drug-likeness (QED) is 0.824. The highest BCUT2D eigenvalue weighted by atomic mass is 16.5. The van der Waals surface area contributed by atoms with Crippen LogP contribution in [0.4, 0.5) is 0 Å². The normalized spacial score (nSPS) is 23.8. The molecule has 0 saturated carbocycles. The standard InChI is InChI=1S/C16H25NO/c1-12(2)11-18-15-10-6-8-13-7-4-5-9-14(13)16(15)17-3/h4-5,7,9,12,15-17H,6,8,10-11H2,1-3H3. The van der Waals surface area contributed by atoms with Crippen LogP contribution < -0.4 is 5.32 Å². The minimum absolute atomic E-state index is 0.307. The van der Waals surface area contributed by atoms with Gasteiger partial charge >= 0.3 is 0 Å². The Morgan fingerprint density at radius 3 is 2.83 bits per heavy atom. The van der Waals surface area contributed by atoms with Crippen LogP contribution in [0.25, 0.3) is 0 Å². The van der Waals surface area contributed by atoms with Crippen LogP contribution in [0.3, 0.4) is 0 Å². The molecule has 2 rings (SSSR count). The second kappa shape index (κ2) is 6.35. The summed E-state index contributed by atoms with van der Waals surface area (Å²) >= 11 is 0. The van der Waals surface area contributed by atoms with E-state index in [1.54, 1.807) is 0 Å². The molecule has 1 aliphatic rings. The van der Waals surface area contributed by atoms with Crippen molar-refractivity contribution in [3.8, 4) is 0 Å². The first kappa shape index (κ1) is 13.6. The van der Waals surface area contributed by atoms with Gasteiger partial charge in [-0.25, -0.2) is 0 Å². The summed E-state index contributed by atoms with van der Waals surface area (Å²) in [6, 6.07) is 9.11. The van der Waals surface area contributed by atoms with Crippen LogP contribution in [0.2, 0.25) is 0 Å². The lowest BCUT2D eigenvalue weighted by atomic mass is 9.98. The molecule has 2 atom stereocenters. The molecule has 18 heavy (non-hydrogen) atoms. The van der Waals surface area contributed by atoms with Crippen molar-refractivity contribution < 1.29 is 4.74 Å². The Labute approximate surface area is 111 Å². The highest BCUT2D eigenvalue weighted by molar-refractivity contribution is 5.32. The second-order valence-electron chi connectivity index (χ2n) is 5.62. The molecule has 0 fully saturated rings. The molecule has 0 aliphatic heterocycles. The average molecular weight is 247 g/mol. The lowest BCUT2D eigenvalue weighted by molar-refractivity contribution is 0.00824. The van der Waals surface area contributed by atoms with Gasteiger partial charge in [0, 0.05) is 6.61 Å². The molecular weight excluding hydrogens is 222 g/mol. The third-order valence-corrected chi connectivity index (χ3v) is 3.65. The van der Waals surface area contributed by atoms with Crippen LogP contribution in [0.1, 0.15) is 43.9 Å². The van der Waals surface area contributed by atoms with E-state index in [2.05, 4.69) is 43.4 Å². The van der Waals surface area contributed by atoms with E-state index in [-0.39, 0.29) is 0 Å². The molecule has 0 aromatic heterocycles. The number of nitrogens with one attached hydrogen (secondary N) is 1. The van der Waals surface area contributed by atoms with Gasteiger partial charge < -0.3 is 10.1 Å². The molecule has 0 amide bonds. The first-order valence-corrected chi connectivity index (χ1v) is 7.09. The van der Waals surface area contributed by atoms with E-state index in [4.69, 9.17) is 4.74 Å². The van der Waals surface area contributed by atoms with Crippen molar-refractivity contribution in [3.63, 3.8) is 0 Å². The zero-order valence-electron chi connectivity index (χ0n) is 11.8. The Morgan fingerprint density at radius 2 is 2.11 bits per heavy atom.